The van der Waals surface area contributed by atoms with Gasteiger partial charge < -0.3 is 19.9 Å². The zero-order chi connectivity index (χ0) is 24.7. The molecule has 1 heterocycles. The molecule has 0 aliphatic heterocycles. The van der Waals surface area contributed by atoms with Crippen molar-refractivity contribution in [2.24, 2.45) is 0 Å². The number of non-ortho nitro benzene ring substituents is 1. The van der Waals surface area contributed by atoms with Gasteiger partial charge in [-0.2, -0.15) is 4.98 Å². The number of hydrogen-bond acceptors (Lipinski definition) is 8. The van der Waals surface area contributed by atoms with Crippen LogP contribution in [0.1, 0.15) is 37.0 Å². The number of nitro benzene ring substituents is 1. The molecule has 11 nitrogen and oxygen atoms in total. The van der Waals surface area contributed by atoms with E-state index in [1.54, 1.807) is 0 Å². The third-order valence-electron chi connectivity index (χ3n) is 4.78. The van der Waals surface area contributed by atoms with Crippen molar-refractivity contribution in [1.82, 2.24) is 20.8 Å². The van der Waals surface area contributed by atoms with Gasteiger partial charge in [-0.3, -0.25) is 19.7 Å². The molecule has 0 unspecified atom stereocenters. The summed E-state index contributed by atoms with van der Waals surface area (Å²) in [6.07, 6.45) is 0. The molecule has 11 heteroatoms. The first-order chi connectivity index (χ1) is 16.1. The summed E-state index contributed by atoms with van der Waals surface area (Å²) in [4.78, 5) is 38.3. The molecule has 0 saturated carbocycles. The lowest BCUT2D eigenvalue weighted by atomic mass is 9.87. The van der Waals surface area contributed by atoms with E-state index in [1.165, 1.54) is 24.3 Å². The predicted octanol–water partition coefficient (Wildman–Crippen LogP) is 2.87. The molecular formula is C23H25N5O6. The molecule has 2 amide bonds. The molecule has 3 rings (SSSR count). The van der Waals surface area contributed by atoms with E-state index in [-0.39, 0.29) is 36.7 Å². The van der Waals surface area contributed by atoms with Crippen molar-refractivity contribution in [3.63, 3.8) is 0 Å². The summed E-state index contributed by atoms with van der Waals surface area (Å²) < 4.78 is 10.3. The van der Waals surface area contributed by atoms with Crippen molar-refractivity contribution in [1.29, 1.82) is 0 Å². The molecule has 3 aromatic rings. The van der Waals surface area contributed by atoms with Crippen molar-refractivity contribution in [3.8, 4) is 17.1 Å². The number of rotatable bonds is 9. The summed E-state index contributed by atoms with van der Waals surface area (Å²) in [5.74, 6) is -0.507. The molecule has 0 spiro atoms. The molecule has 178 valence electrons. The molecule has 0 radical (unpaired) electrons. The Hall–Kier alpha value is -4.28. The maximum Gasteiger partial charge on any atom is 0.316 e. The van der Waals surface area contributed by atoms with Crippen molar-refractivity contribution in [2.45, 2.75) is 26.2 Å². The SMILES string of the molecule is CC(C)(C)c1ccc(-c2noc(C(=O)NCCNC(=O)COc3ccc([N+](=O)[O-])cc3)n2)cc1. The quantitative estimate of drug-likeness (QED) is 0.277. The second-order valence-electron chi connectivity index (χ2n) is 8.40. The molecule has 0 bridgehead atoms. The Kier molecular flexibility index (Phi) is 7.57. The number of ether oxygens (including phenoxy) is 1. The zero-order valence-electron chi connectivity index (χ0n) is 19.0. The van der Waals surface area contributed by atoms with Crippen LogP contribution >= 0.6 is 0 Å². The summed E-state index contributed by atoms with van der Waals surface area (Å²) in [6, 6.07) is 13.1. The first-order valence-electron chi connectivity index (χ1n) is 10.5. The van der Waals surface area contributed by atoms with Gasteiger partial charge >= 0.3 is 11.8 Å². The van der Waals surface area contributed by atoms with E-state index in [1.807, 2.05) is 24.3 Å². The van der Waals surface area contributed by atoms with Crippen LogP contribution < -0.4 is 15.4 Å². The minimum Gasteiger partial charge on any atom is -0.484 e. The number of nitro groups is 1. The number of aromatic nitrogens is 2. The van der Waals surface area contributed by atoms with Crippen LogP contribution in [0.3, 0.4) is 0 Å². The molecular weight excluding hydrogens is 442 g/mol. The van der Waals surface area contributed by atoms with Crippen LogP contribution in [-0.4, -0.2) is 46.6 Å². The molecule has 34 heavy (non-hydrogen) atoms. The molecule has 1 aromatic heterocycles. The number of hydrogen-bond donors (Lipinski definition) is 2. The van der Waals surface area contributed by atoms with E-state index in [0.717, 1.165) is 11.1 Å². The summed E-state index contributed by atoms with van der Waals surface area (Å²) in [5.41, 5.74) is 1.85. The van der Waals surface area contributed by atoms with Crippen LogP contribution in [0.2, 0.25) is 0 Å². The van der Waals surface area contributed by atoms with E-state index in [4.69, 9.17) is 9.26 Å². The first kappa shape index (κ1) is 24.4. The minimum atomic E-state index is -0.554. The average Bonchev–Trinajstić information content (AvgIpc) is 3.30. The van der Waals surface area contributed by atoms with E-state index >= 15 is 0 Å². The van der Waals surface area contributed by atoms with Crippen molar-refractivity contribution >= 4 is 17.5 Å². The van der Waals surface area contributed by atoms with Crippen LogP contribution in [0.15, 0.2) is 53.1 Å². The van der Waals surface area contributed by atoms with Crippen LogP contribution in [0, 0.1) is 10.1 Å². The molecule has 0 fully saturated rings. The summed E-state index contributed by atoms with van der Waals surface area (Å²) in [7, 11) is 0. The fourth-order valence-corrected chi connectivity index (χ4v) is 2.87. The number of nitrogens with one attached hydrogen (secondary N) is 2. The highest BCUT2D eigenvalue weighted by Crippen LogP contribution is 2.25. The van der Waals surface area contributed by atoms with Gasteiger partial charge in [0.2, 0.25) is 5.82 Å². The van der Waals surface area contributed by atoms with Gasteiger partial charge in [-0.05, 0) is 23.1 Å². The lowest BCUT2D eigenvalue weighted by Gasteiger charge is -2.18. The molecule has 2 N–H and O–H groups in total. The fraction of sp³-hybridized carbons (Fsp3) is 0.304. The number of carbonyl (C=O) groups is 2. The third-order valence-corrected chi connectivity index (χ3v) is 4.78. The van der Waals surface area contributed by atoms with Gasteiger partial charge in [-0.25, -0.2) is 0 Å². The highest BCUT2D eigenvalue weighted by Gasteiger charge is 2.17. The largest absolute Gasteiger partial charge is 0.484 e. The van der Waals surface area contributed by atoms with E-state index < -0.39 is 16.7 Å². The highest BCUT2D eigenvalue weighted by atomic mass is 16.6. The second-order valence-corrected chi connectivity index (χ2v) is 8.40. The normalized spacial score (nSPS) is 11.0. The van der Waals surface area contributed by atoms with Gasteiger partial charge in [-0.1, -0.05) is 50.2 Å². The third kappa shape index (κ3) is 6.61. The molecule has 2 aromatic carbocycles. The number of benzene rings is 2. The number of carbonyl (C=O) groups excluding carboxylic acids is 2. The maximum atomic E-state index is 12.2. The van der Waals surface area contributed by atoms with Gasteiger partial charge in [0.1, 0.15) is 5.75 Å². The summed E-state index contributed by atoms with van der Waals surface area (Å²) >= 11 is 0. The van der Waals surface area contributed by atoms with Gasteiger partial charge in [0.25, 0.3) is 11.6 Å². The van der Waals surface area contributed by atoms with Crippen molar-refractivity contribution in [2.75, 3.05) is 19.7 Å². The highest BCUT2D eigenvalue weighted by molar-refractivity contribution is 5.89. The van der Waals surface area contributed by atoms with E-state index in [9.17, 15) is 19.7 Å². The Labute approximate surface area is 195 Å². The van der Waals surface area contributed by atoms with Crippen LogP contribution in [0.4, 0.5) is 5.69 Å². The van der Waals surface area contributed by atoms with Gasteiger partial charge in [0.05, 0.1) is 4.92 Å². The Bertz CT molecular complexity index is 1150. The van der Waals surface area contributed by atoms with Crippen LogP contribution in [0.25, 0.3) is 11.4 Å². The monoisotopic (exact) mass is 467 g/mol. The Morgan fingerprint density at radius 1 is 1.03 bits per heavy atom. The van der Waals surface area contributed by atoms with Gasteiger partial charge in [0, 0.05) is 30.8 Å². The zero-order valence-corrected chi connectivity index (χ0v) is 19.0. The summed E-state index contributed by atoms with van der Waals surface area (Å²) in [6.45, 7) is 6.38. The van der Waals surface area contributed by atoms with E-state index in [0.29, 0.717) is 11.6 Å². The first-order valence-corrected chi connectivity index (χ1v) is 10.5. The average molecular weight is 467 g/mol. The Morgan fingerprint density at radius 3 is 2.29 bits per heavy atom. The molecule has 0 saturated heterocycles. The minimum absolute atomic E-state index is 0.0209. The lowest BCUT2D eigenvalue weighted by Crippen LogP contribution is -2.36. The standard InChI is InChI=1S/C23H25N5O6/c1-23(2,3)16-6-4-15(5-7-16)20-26-22(34-27-20)21(30)25-13-12-24-19(29)14-33-18-10-8-17(9-11-18)28(31)32/h4-11H,12-14H2,1-3H3,(H,24,29)(H,25,30). The number of amides is 2. The van der Waals surface area contributed by atoms with Gasteiger partial charge in [0.15, 0.2) is 6.61 Å². The molecule has 0 atom stereocenters. The van der Waals surface area contributed by atoms with Crippen LogP contribution in [0.5, 0.6) is 5.75 Å². The summed E-state index contributed by atoms with van der Waals surface area (Å²) in [5, 5.41) is 19.7. The fourth-order valence-electron chi connectivity index (χ4n) is 2.87. The van der Waals surface area contributed by atoms with Gasteiger partial charge in [-0.15, -0.1) is 0 Å². The molecule has 0 aliphatic carbocycles. The van der Waals surface area contributed by atoms with E-state index in [2.05, 4.69) is 41.5 Å². The Balaban J connectivity index is 1.40. The second kappa shape index (κ2) is 10.6. The smallest absolute Gasteiger partial charge is 0.316 e. The van der Waals surface area contributed by atoms with Crippen molar-refractivity contribution < 1.29 is 23.8 Å². The van der Waals surface area contributed by atoms with Crippen molar-refractivity contribution in [3.05, 3.63) is 70.1 Å². The maximum absolute atomic E-state index is 12.2. The number of nitrogens with zero attached hydrogens (tertiary/aromatic N) is 3. The Morgan fingerprint density at radius 2 is 1.68 bits per heavy atom. The molecule has 0 aliphatic rings. The van der Waals surface area contributed by atoms with Crippen LogP contribution in [-0.2, 0) is 10.2 Å². The topological polar surface area (TPSA) is 149 Å². The predicted molar refractivity (Wildman–Crippen MR) is 122 cm³/mol. The lowest BCUT2D eigenvalue weighted by molar-refractivity contribution is -0.384.